The van der Waals surface area contributed by atoms with Gasteiger partial charge in [0.25, 0.3) is 5.91 Å². The molecule has 10 nitrogen and oxygen atoms in total. The number of rotatable bonds is 5. The molecule has 0 radical (unpaired) electrons. The number of aryl methyl sites for hydroxylation is 1. The fourth-order valence-electron chi connectivity index (χ4n) is 4.89. The number of hydrogen-bond acceptors (Lipinski definition) is 7. The summed E-state index contributed by atoms with van der Waals surface area (Å²) in [5.74, 6) is 0.381. The maximum absolute atomic E-state index is 15.0. The van der Waals surface area contributed by atoms with Crippen molar-refractivity contribution in [2.24, 2.45) is 0 Å². The van der Waals surface area contributed by atoms with E-state index in [-0.39, 0.29) is 19.0 Å². The molecule has 0 bridgehead atoms. The van der Waals surface area contributed by atoms with Crippen LogP contribution >= 0.6 is 0 Å². The molecule has 5 rings (SSSR count). The highest BCUT2D eigenvalue weighted by Gasteiger charge is 2.53. The van der Waals surface area contributed by atoms with Crippen molar-refractivity contribution in [2.45, 2.75) is 12.6 Å². The quantitative estimate of drug-likeness (QED) is 0.490. The molecule has 2 fully saturated rings. The predicted molar refractivity (Wildman–Crippen MR) is 134 cm³/mol. The summed E-state index contributed by atoms with van der Waals surface area (Å²) in [4.78, 5) is 33.9. The number of methoxy groups -OCH3 is 1. The van der Waals surface area contributed by atoms with E-state index in [4.69, 9.17) is 4.74 Å². The third kappa shape index (κ3) is 4.14. The minimum absolute atomic E-state index is 0.230. The van der Waals surface area contributed by atoms with Crippen molar-refractivity contribution in [2.75, 3.05) is 51.3 Å². The molecule has 0 aromatic carbocycles. The molecule has 0 N–H and O–H groups in total. The van der Waals surface area contributed by atoms with Crippen LogP contribution in [-0.4, -0.2) is 88.3 Å². The van der Waals surface area contributed by atoms with Gasteiger partial charge in [-0.05, 0) is 30.7 Å². The van der Waals surface area contributed by atoms with Gasteiger partial charge < -0.3 is 19.4 Å². The number of likely N-dealkylation sites (tertiary alicyclic amines) is 1. The van der Waals surface area contributed by atoms with E-state index in [0.29, 0.717) is 43.0 Å². The molecule has 0 unspecified atom stereocenters. The van der Waals surface area contributed by atoms with E-state index in [1.807, 2.05) is 25.3 Å². The topological polar surface area (TPSA) is 107 Å². The summed E-state index contributed by atoms with van der Waals surface area (Å²) in [6, 6.07) is 5.97. The van der Waals surface area contributed by atoms with E-state index in [2.05, 4.69) is 27.6 Å². The van der Waals surface area contributed by atoms with Crippen molar-refractivity contribution in [1.82, 2.24) is 24.4 Å². The van der Waals surface area contributed by atoms with Gasteiger partial charge in [-0.1, -0.05) is 6.58 Å². The lowest BCUT2D eigenvalue weighted by Crippen LogP contribution is -2.68. The van der Waals surface area contributed by atoms with E-state index >= 15 is 4.39 Å². The summed E-state index contributed by atoms with van der Waals surface area (Å²) >= 11 is 0. The Morgan fingerprint density at radius 1 is 1.19 bits per heavy atom. The number of carbonyl (C=O) groups excluding carboxylic acids is 2. The second-order valence-electron chi connectivity index (χ2n) is 9.26. The summed E-state index contributed by atoms with van der Waals surface area (Å²) in [5.41, 5.74) is 1.76. The number of pyridine rings is 2. The number of aromatic nitrogens is 3. The Bertz CT molecular complexity index is 1450. The zero-order valence-electron chi connectivity index (χ0n) is 20.6. The average Bonchev–Trinajstić information content (AvgIpc) is 3.33. The lowest BCUT2D eigenvalue weighted by molar-refractivity contribution is -0.161. The van der Waals surface area contributed by atoms with E-state index in [1.54, 1.807) is 17.8 Å². The number of anilines is 1. The number of alkyl halides is 1. The molecule has 2 aliphatic heterocycles. The number of amides is 2. The van der Waals surface area contributed by atoms with Gasteiger partial charge in [0.1, 0.15) is 28.7 Å². The highest BCUT2D eigenvalue weighted by Crippen LogP contribution is 2.33. The van der Waals surface area contributed by atoms with Crippen LogP contribution in [0.2, 0.25) is 0 Å². The standard InChI is InChI=1S/C26H26FN7O3/c1-4-23(35)33-15-26(27,16-33)25(36)32-7-5-31(6-8-32)22-9-17(2)20(13-29-22)18-10-21(37-3)24-19(11-28)12-30-34(24)14-18/h4,9-10,12-14H,1,5-8,15-16H2,2-3H3. The minimum atomic E-state index is -2.03. The van der Waals surface area contributed by atoms with Crippen molar-refractivity contribution in [3.63, 3.8) is 0 Å². The lowest BCUT2D eigenvalue weighted by atomic mass is 9.94. The normalized spacial score (nSPS) is 16.8. The third-order valence-corrected chi connectivity index (χ3v) is 6.97. The third-order valence-electron chi connectivity index (χ3n) is 6.97. The van der Waals surface area contributed by atoms with E-state index in [0.717, 1.165) is 28.6 Å². The minimum Gasteiger partial charge on any atom is -0.494 e. The maximum Gasteiger partial charge on any atom is 0.264 e. The van der Waals surface area contributed by atoms with Gasteiger partial charge in [0, 0.05) is 49.7 Å². The van der Waals surface area contributed by atoms with Crippen LogP contribution in [0.5, 0.6) is 5.75 Å². The Kier molecular flexibility index (Phi) is 6.03. The van der Waals surface area contributed by atoms with Crippen LogP contribution in [0.4, 0.5) is 10.2 Å². The first kappa shape index (κ1) is 24.2. The molecule has 11 heteroatoms. The van der Waals surface area contributed by atoms with Crippen LogP contribution in [0, 0.1) is 18.3 Å². The molecule has 3 aromatic rings. The summed E-state index contributed by atoms with van der Waals surface area (Å²) in [6.45, 7) is 6.71. The second kappa shape index (κ2) is 9.20. The largest absolute Gasteiger partial charge is 0.494 e. The monoisotopic (exact) mass is 503 g/mol. The molecular weight excluding hydrogens is 477 g/mol. The fraction of sp³-hybridized carbons (Fsp3) is 0.346. The van der Waals surface area contributed by atoms with E-state index < -0.39 is 11.6 Å². The number of hydrogen-bond donors (Lipinski definition) is 0. The smallest absolute Gasteiger partial charge is 0.264 e. The number of halogens is 1. The summed E-state index contributed by atoms with van der Waals surface area (Å²) in [7, 11) is 1.55. The average molecular weight is 504 g/mol. The van der Waals surface area contributed by atoms with Gasteiger partial charge in [0.2, 0.25) is 11.6 Å². The maximum atomic E-state index is 15.0. The van der Waals surface area contributed by atoms with Gasteiger partial charge in [-0.25, -0.2) is 13.9 Å². The molecule has 0 aliphatic carbocycles. The first-order valence-electron chi connectivity index (χ1n) is 11.8. The van der Waals surface area contributed by atoms with Crippen LogP contribution in [-0.2, 0) is 9.59 Å². The number of ether oxygens (including phenoxy) is 1. The van der Waals surface area contributed by atoms with Crippen LogP contribution < -0.4 is 9.64 Å². The van der Waals surface area contributed by atoms with Crippen molar-refractivity contribution < 1.29 is 18.7 Å². The summed E-state index contributed by atoms with van der Waals surface area (Å²) in [5, 5.41) is 13.6. The van der Waals surface area contributed by atoms with Crippen molar-refractivity contribution in [3.05, 3.63) is 54.5 Å². The molecule has 5 heterocycles. The first-order chi connectivity index (χ1) is 17.8. The molecule has 3 aromatic heterocycles. The Morgan fingerprint density at radius 3 is 2.54 bits per heavy atom. The van der Waals surface area contributed by atoms with Gasteiger partial charge >= 0.3 is 0 Å². The van der Waals surface area contributed by atoms with E-state index in [9.17, 15) is 14.9 Å². The predicted octanol–water partition coefficient (Wildman–Crippen LogP) is 1.97. The number of carbonyl (C=O) groups is 2. The number of piperazine rings is 1. The Morgan fingerprint density at radius 2 is 1.92 bits per heavy atom. The first-order valence-corrected chi connectivity index (χ1v) is 11.8. The molecule has 0 saturated carbocycles. The van der Waals surface area contributed by atoms with Gasteiger partial charge in [0.05, 0.1) is 26.4 Å². The summed E-state index contributed by atoms with van der Waals surface area (Å²) < 4.78 is 22.1. The molecular formula is C26H26FN7O3. The molecule has 0 spiro atoms. The van der Waals surface area contributed by atoms with Crippen LogP contribution in [0.3, 0.4) is 0 Å². The van der Waals surface area contributed by atoms with Crippen molar-refractivity contribution in [3.8, 4) is 22.9 Å². The zero-order valence-corrected chi connectivity index (χ0v) is 20.6. The van der Waals surface area contributed by atoms with Crippen LogP contribution in [0.1, 0.15) is 11.1 Å². The van der Waals surface area contributed by atoms with Crippen molar-refractivity contribution >= 4 is 23.1 Å². The highest BCUT2D eigenvalue weighted by molar-refractivity contribution is 5.93. The number of nitriles is 1. The zero-order chi connectivity index (χ0) is 26.3. The second-order valence-corrected chi connectivity index (χ2v) is 9.26. The van der Waals surface area contributed by atoms with Gasteiger partial charge in [-0.2, -0.15) is 10.4 Å². The lowest BCUT2D eigenvalue weighted by Gasteiger charge is -2.46. The number of fused-ring (bicyclic) bond motifs is 1. The van der Waals surface area contributed by atoms with Crippen LogP contribution in [0.25, 0.3) is 16.6 Å². The Labute approximate surface area is 213 Å². The number of nitrogens with zero attached hydrogens (tertiary/aromatic N) is 7. The molecule has 0 atom stereocenters. The van der Waals surface area contributed by atoms with Gasteiger partial charge in [-0.3, -0.25) is 9.59 Å². The summed E-state index contributed by atoms with van der Waals surface area (Å²) in [6.07, 6.45) is 6.25. The Balaban J connectivity index is 1.28. The molecule has 2 saturated heterocycles. The molecule has 37 heavy (non-hydrogen) atoms. The fourth-order valence-corrected chi connectivity index (χ4v) is 4.89. The van der Waals surface area contributed by atoms with E-state index in [1.165, 1.54) is 16.0 Å². The van der Waals surface area contributed by atoms with Crippen LogP contribution in [0.15, 0.2) is 43.4 Å². The van der Waals surface area contributed by atoms with Gasteiger partial charge in [0.15, 0.2) is 0 Å². The van der Waals surface area contributed by atoms with Crippen molar-refractivity contribution in [1.29, 1.82) is 5.26 Å². The SMILES string of the molecule is C=CC(=O)N1CC(F)(C(=O)N2CCN(c3cc(C)c(-c4cc(OC)c5c(C#N)cnn5c4)cn3)CC2)C1. The molecule has 2 amide bonds. The Hall–Kier alpha value is -4.46. The highest BCUT2D eigenvalue weighted by atomic mass is 19.1. The van der Waals surface area contributed by atoms with Gasteiger partial charge in [-0.15, -0.1) is 0 Å². The molecule has 2 aliphatic rings. The molecule has 190 valence electrons.